The molecule has 16 heavy (non-hydrogen) atoms. The second-order valence-electron chi connectivity index (χ2n) is 3.78. The maximum Gasteiger partial charge on any atom is 0.357 e. The largest absolute Gasteiger partial charge is 0.461 e. The highest BCUT2D eigenvalue weighted by Crippen LogP contribution is 2.08. The first-order chi connectivity index (χ1) is 7.77. The Hall–Kier alpha value is -1.10. The van der Waals surface area contributed by atoms with Gasteiger partial charge in [0.25, 0.3) is 0 Å². The molecule has 1 fully saturated rings. The summed E-state index contributed by atoms with van der Waals surface area (Å²) in [5.74, 6) is -0.380. The molecule has 1 heterocycles. The van der Waals surface area contributed by atoms with Crippen LogP contribution in [0.15, 0.2) is 5.16 Å². The second-order valence-corrected chi connectivity index (χ2v) is 3.78. The van der Waals surface area contributed by atoms with Crippen LogP contribution >= 0.6 is 0 Å². The lowest BCUT2D eigenvalue weighted by Crippen LogP contribution is -2.37. The van der Waals surface area contributed by atoms with Gasteiger partial charge in [0, 0.05) is 0 Å². The minimum atomic E-state index is -0.380. The highest BCUT2D eigenvalue weighted by atomic mass is 16.6. The van der Waals surface area contributed by atoms with Crippen LogP contribution in [0.5, 0.6) is 0 Å². The van der Waals surface area contributed by atoms with Gasteiger partial charge in [-0.2, -0.15) is 0 Å². The maximum absolute atomic E-state index is 11.5. The van der Waals surface area contributed by atoms with Crippen LogP contribution in [0.25, 0.3) is 0 Å². The Kier molecular flexibility index (Phi) is 5.85. The molecule has 1 rings (SSSR count). The minimum Gasteiger partial charge on any atom is -0.461 e. The van der Waals surface area contributed by atoms with Gasteiger partial charge in [-0.05, 0) is 32.9 Å². The van der Waals surface area contributed by atoms with E-state index in [0.717, 1.165) is 13.1 Å². The molecule has 1 aliphatic rings. The Morgan fingerprint density at radius 3 is 2.56 bits per heavy atom. The van der Waals surface area contributed by atoms with Gasteiger partial charge in [0.2, 0.25) is 0 Å². The van der Waals surface area contributed by atoms with Gasteiger partial charge in [-0.15, -0.1) is 0 Å². The van der Waals surface area contributed by atoms with E-state index in [9.17, 15) is 4.79 Å². The number of hydrogen-bond acceptors (Lipinski definition) is 5. The number of nitrogens with zero attached hydrogens (tertiary/aromatic N) is 2. The van der Waals surface area contributed by atoms with E-state index in [0.29, 0.717) is 18.9 Å². The van der Waals surface area contributed by atoms with Crippen LogP contribution in [0, 0.1) is 0 Å². The molecule has 0 unspecified atom stereocenters. The third-order valence-electron chi connectivity index (χ3n) is 2.53. The fraction of sp³-hybridized carbons (Fsp3) is 0.818. The van der Waals surface area contributed by atoms with Gasteiger partial charge in [0.15, 0.2) is 5.71 Å². The Labute approximate surface area is 96.4 Å². The third kappa shape index (κ3) is 4.18. The molecule has 0 amide bonds. The molecule has 0 aliphatic carbocycles. The van der Waals surface area contributed by atoms with Gasteiger partial charge in [-0.3, -0.25) is 4.90 Å². The number of ether oxygens (including phenoxy) is 1. The molecule has 0 aromatic rings. The number of oxime groups is 1. The molecule has 0 aromatic heterocycles. The molecule has 0 radical (unpaired) electrons. The van der Waals surface area contributed by atoms with Crippen molar-refractivity contribution in [3.63, 3.8) is 0 Å². The first kappa shape index (κ1) is 13.0. The molecule has 0 atom stereocenters. The summed E-state index contributed by atoms with van der Waals surface area (Å²) in [6.07, 6.45) is 3.64. The molecule has 92 valence electrons. The third-order valence-corrected chi connectivity index (χ3v) is 2.53. The summed E-state index contributed by atoms with van der Waals surface area (Å²) in [5.41, 5.74) is 0.353. The topological polar surface area (TPSA) is 51.1 Å². The molecule has 1 saturated heterocycles. The summed E-state index contributed by atoms with van der Waals surface area (Å²) in [6, 6.07) is 0. The second kappa shape index (κ2) is 7.22. The lowest BCUT2D eigenvalue weighted by molar-refractivity contribution is -0.135. The standard InChI is InChI=1S/C11H20N2O3/c1-3-16-11(14)10(12-15-2)9-13-7-5-4-6-8-13/h3-9H2,1-2H3. The number of piperidine rings is 1. The lowest BCUT2D eigenvalue weighted by Gasteiger charge is -2.25. The van der Waals surface area contributed by atoms with E-state index in [2.05, 4.69) is 14.9 Å². The maximum atomic E-state index is 11.5. The quantitative estimate of drug-likeness (QED) is 0.401. The number of carbonyl (C=O) groups excluding carboxylic acids is 1. The van der Waals surface area contributed by atoms with Crippen LogP contribution in [-0.2, 0) is 14.4 Å². The van der Waals surface area contributed by atoms with E-state index in [1.165, 1.54) is 26.4 Å². The molecule has 0 N–H and O–H groups in total. The van der Waals surface area contributed by atoms with E-state index < -0.39 is 0 Å². The summed E-state index contributed by atoms with van der Waals surface area (Å²) in [6.45, 7) is 4.70. The summed E-state index contributed by atoms with van der Waals surface area (Å²) >= 11 is 0. The Balaban J connectivity index is 2.49. The Bertz CT molecular complexity index is 248. The van der Waals surface area contributed by atoms with Crippen molar-refractivity contribution < 1.29 is 14.4 Å². The Morgan fingerprint density at radius 2 is 2.00 bits per heavy atom. The van der Waals surface area contributed by atoms with Crippen molar-refractivity contribution in [2.24, 2.45) is 5.16 Å². The van der Waals surface area contributed by atoms with Crippen molar-refractivity contribution in [3.8, 4) is 0 Å². The number of likely N-dealkylation sites (tertiary alicyclic amines) is 1. The van der Waals surface area contributed by atoms with Gasteiger partial charge in [0.05, 0.1) is 13.2 Å². The van der Waals surface area contributed by atoms with Crippen LogP contribution in [0.3, 0.4) is 0 Å². The molecular weight excluding hydrogens is 208 g/mol. The van der Waals surface area contributed by atoms with Crippen LogP contribution in [0.2, 0.25) is 0 Å². The van der Waals surface area contributed by atoms with Gasteiger partial charge >= 0.3 is 5.97 Å². The number of hydrogen-bond donors (Lipinski definition) is 0. The first-order valence-electron chi connectivity index (χ1n) is 5.77. The number of rotatable bonds is 5. The molecular formula is C11H20N2O3. The highest BCUT2D eigenvalue weighted by Gasteiger charge is 2.19. The normalized spacial score (nSPS) is 18.2. The Morgan fingerprint density at radius 1 is 1.31 bits per heavy atom. The van der Waals surface area contributed by atoms with Crippen molar-refractivity contribution in [1.82, 2.24) is 4.90 Å². The van der Waals surface area contributed by atoms with E-state index in [-0.39, 0.29) is 5.97 Å². The molecule has 0 spiro atoms. The van der Waals surface area contributed by atoms with Gasteiger partial charge in [-0.25, -0.2) is 4.79 Å². The monoisotopic (exact) mass is 228 g/mol. The molecule has 0 saturated carbocycles. The highest BCUT2D eigenvalue weighted by molar-refractivity contribution is 6.37. The van der Waals surface area contributed by atoms with Gasteiger partial charge in [-0.1, -0.05) is 11.6 Å². The predicted molar refractivity (Wildman–Crippen MR) is 61.4 cm³/mol. The zero-order valence-electron chi connectivity index (χ0n) is 10.1. The van der Waals surface area contributed by atoms with Crippen molar-refractivity contribution in [2.45, 2.75) is 26.2 Å². The SMILES string of the molecule is CCOC(=O)C(CN1CCCCC1)=NOC. The zero-order valence-corrected chi connectivity index (χ0v) is 10.1. The smallest absolute Gasteiger partial charge is 0.357 e. The van der Waals surface area contributed by atoms with Crippen molar-refractivity contribution in [3.05, 3.63) is 0 Å². The van der Waals surface area contributed by atoms with E-state index in [4.69, 9.17) is 4.74 Å². The number of carbonyl (C=O) groups is 1. The van der Waals surface area contributed by atoms with E-state index >= 15 is 0 Å². The summed E-state index contributed by atoms with van der Waals surface area (Å²) in [7, 11) is 1.44. The fourth-order valence-electron chi connectivity index (χ4n) is 1.78. The van der Waals surface area contributed by atoms with Crippen LogP contribution in [0.4, 0.5) is 0 Å². The van der Waals surface area contributed by atoms with Crippen molar-refractivity contribution >= 4 is 11.7 Å². The first-order valence-corrected chi connectivity index (χ1v) is 5.77. The van der Waals surface area contributed by atoms with Crippen LogP contribution in [-0.4, -0.2) is 49.9 Å². The molecule has 0 aromatic carbocycles. The minimum absolute atomic E-state index is 0.353. The van der Waals surface area contributed by atoms with Gasteiger partial charge in [0.1, 0.15) is 7.11 Å². The average Bonchev–Trinajstić information content (AvgIpc) is 2.30. The molecule has 0 bridgehead atoms. The molecule has 1 aliphatic heterocycles. The average molecular weight is 228 g/mol. The van der Waals surface area contributed by atoms with Gasteiger partial charge < -0.3 is 9.57 Å². The summed E-state index contributed by atoms with van der Waals surface area (Å²) < 4.78 is 4.92. The lowest BCUT2D eigenvalue weighted by atomic mass is 10.1. The summed E-state index contributed by atoms with van der Waals surface area (Å²) in [5, 5.41) is 3.74. The fourth-order valence-corrected chi connectivity index (χ4v) is 1.78. The zero-order chi connectivity index (χ0) is 11.8. The van der Waals surface area contributed by atoms with Crippen LogP contribution in [0.1, 0.15) is 26.2 Å². The number of esters is 1. The summed E-state index contributed by atoms with van der Waals surface area (Å²) in [4.78, 5) is 18.4. The molecule has 5 heteroatoms. The predicted octanol–water partition coefficient (Wildman–Crippen LogP) is 1.04. The van der Waals surface area contributed by atoms with Crippen LogP contribution < -0.4 is 0 Å². The molecule has 5 nitrogen and oxygen atoms in total. The van der Waals surface area contributed by atoms with E-state index in [1.54, 1.807) is 6.92 Å². The van der Waals surface area contributed by atoms with Crippen molar-refractivity contribution in [2.75, 3.05) is 33.4 Å². The van der Waals surface area contributed by atoms with Crippen molar-refractivity contribution in [1.29, 1.82) is 0 Å². The van der Waals surface area contributed by atoms with E-state index in [1.807, 2.05) is 0 Å².